The van der Waals surface area contributed by atoms with E-state index < -0.39 is 0 Å². The number of benzene rings is 3. The molecule has 3 aromatic carbocycles. The molecule has 0 fully saturated rings. The minimum atomic E-state index is -0.297. The van der Waals surface area contributed by atoms with Gasteiger partial charge in [-0.2, -0.15) is 5.26 Å². The average Bonchev–Trinajstić information content (AvgIpc) is 3.10. The highest BCUT2D eigenvalue weighted by molar-refractivity contribution is 5.79. The van der Waals surface area contributed by atoms with Gasteiger partial charge in [0, 0.05) is 11.1 Å². The van der Waals surface area contributed by atoms with Gasteiger partial charge in [0.2, 0.25) is 0 Å². The summed E-state index contributed by atoms with van der Waals surface area (Å²) in [4.78, 5) is 7.59. The van der Waals surface area contributed by atoms with Gasteiger partial charge in [-0.15, -0.1) is 0 Å². The molecule has 0 aliphatic carbocycles. The fraction of sp³-hybridized carbons (Fsp3) is 0.0476. The van der Waals surface area contributed by atoms with Gasteiger partial charge in [-0.3, -0.25) is 0 Å². The third-order valence-corrected chi connectivity index (χ3v) is 4.10. The van der Waals surface area contributed by atoms with Crippen LogP contribution in [0.15, 0.2) is 66.7 Å². The molecule has 4 aromatic rings. The third kappa shape index (κ3) is 3.13. The lowest BCUT2D eigenvalue weighted by Crippen LogP contribution is -1.98. The summed E-state index contributed by atoms with van der Waals surface area (Å²) >= 11 is 0. The predicted octanol–water partition coefficient (Wildman–Crippen LogP) is 4.82. The second kappa shape index (κ2) is 6.69. The van der Waals surface area contributed by atoms with E-state index >= 15 is 0 Å². The molecule has 0 bridgehead atoms. The first-order valence-electron chi connectivity index (χ1n) is 8.09. The molecule has 0 unspecified atom stereocenters. The number of nitriles is 1. The zero-order chi connectivity index (χ0) is 17.9. The standard InChI is InChI=1S/C21H14FN3O/c22-17-7-10-19-20(11-17)25-21(24-19)14-5-8-18(9-6-14)26-13-16-4-2-1-3-15(16)12-23/h1-11H,13H2,(H,24,25). The van der Waals surface area contributed by atoms with Crippen molar-refractivity contribution >= 4 is 11.0 Å². The molecule has 1 aromatic heterocycles. The van der Waals surface area contributed by atoms with Gasteiger partial charge in [0.1, 0.15) is 24.0 Å². The number of nitrogens with zero attached hydrogens (tertiary/aromatic N) is 2. The lowest BCUT2D eigenvalue weighted by atomic mass is 10.1. The molecule has 126 valence electrons. The van der Waals surface area contributed by atoms with Gasteiger partial charge in [-0.1, -0.05) is 18.2 Å². The van der Waals surface area contributed by atoms with Crippen molar-refractivity contribution in [3.8, 4) is 23.2 Å². The number of halogens is 1. The average molecular weight is 343 g/mol. The lowest BCUT2D eigenvalue weighted by molar-refractivity contribution is 0.306. The number of aromatic nitrogens is 2. The first kappa shape index (κ1) is 15.9. The summed E-state index contributed by atoms with van der Waals surface area (Å²) in [5.41, 5.74) is 3.71. The van der Waals surface area contributed by atoms with Crippen LogP contribution >= 0.6 is 0 Å². The highest BCUT2D eigenvalue weighted by Gasteiger charge is 2.07. The molecule has 4 rings (SSSR count). The van der Waals surface area contributed by atoms with Crippen LogP contribution in [0.3, 0.4) is 0 Å². The summed E-state index contributed by atoms with van der Waals surface area (Å²) < 4.78 is 19.1. The summed E-state index contributed by atoms with van der Waals surface area (Å²) in [5.74, 6) is 1.07. The molecule has 0 amide bonds. The molecule has 0 atom stereocenters. The minimum absolute atomic E-state index is 0.297. The molecule has 1 N–H and O–H groups in total. The van der Waals surface area contributed by atoms with Crippen LogP contribution < -0.4 is 4.74 Å². The van der Waals surface area contributed by atoms with E-state index in [9.17, 15) is 4.39 Å². The quantitative estimate of drug-likeness (QED) is 0.578. The number of hydrogen-bond donors (Lipinski definition) is 1. The first-order valence-corrected chi connectivity index (χ1v) is 8.09. The zero-order valence-corrected chi connectivity index (χ0v) is 13.7. The van der Waals surface area contributed by atoms with Gasteiger partial charge in [-0.05, 0) is 48.5 Å². The van der Waals surface area contributed by atoms with Crippen molar-refractivity contribution in [3.05, 3.63) is 83.7 Å². The Hall–Kier alpha value is -3.65. The number of H-pyrrole nitrogens is 1. The van der Waals surface area contributed by atoms with Gasteiger partial charge in [0.25, 0.3) is 0 Å². The molecule has 1 heterocycles. The molecule has 0 saturated heterocycles. The number of aromatic amines is 1. The molecular formula is C21H14FN3O. The van der Waals surface area contributed by atoms with Crippen LogP contribution in [0.2, 0.25) is 0 Å². The van der Waals surface area contributed by atoms with Crippen LogP contribution in [0.25, 0.3) is 22.4 Å². The molecule has 5 heteroatoms. The van der Waals surface area contributed by atoms with E-state index in [1.54, 1.807) is 12.1 Å². The fourth-order valence-electron chi connectivity index (χ4n) is 2.74. The number of hydrogen-bond acceptors (Lipinski definition) is 3. The number of rotatable bonds is 4. The minimum Gasteiger partial charge on any atom is -0.489 e. The largest absolute Gasteiger partial charge is 0.489 e. The van der Waals surface area contributed by atoms with Gasteiger partial charge in [-0.25, -0.2) is 9.37 Å². The Balaban J connectivity index is 1.52. The Morgan fingerprint density at radius 3 is 2.65 bits per heavy atom. The summed E-state index contributed by atoms with van der Waals surface area (Å²) in [7, 11) is 0. The fourth-order valence-corrected chi connectivity index (χ4v) is 2.74. The Morgan fingerprint density at radius 2 is 1.85 bits per heavy atom. The van der Waals surface area contributed by atoms with E-state index in [1.165, 1.54) is 12.1 Å². The molecule has 0 aliphatic rings. The maximum absolute atomic E-state index is 13.3. The predicted molar refractivity (Wildman–Crippen MR) is 97.0 cm³/mol. The molecule has 0 radical (unpaired) electrons. The van der Waals surface area contributed by atoms with Crippen molar-refractivity contribution in [3.63, 3.8) is 0 Å². The van der Waals surface area contributed by atoms with Crippen molar-refractivity contribution in [2.45, 2.75) is 6.61 Å². The third-order valence-electron chi connectivity index (χ3n) is 4.10. The van der Waals surface area contributed by atoms with Crippen molar-refractivity contribution in [2.75, 3.05) is 0 Å². The number of ether oxygens (including phenoxy) is 1. The van der Waals surface area contributed by atoms with Crippen LogP contribution in [0.1, 0.15) is 11.1 Å². The van der Waals surface area contributed by atoms with Crippen molar-refractivity contribution in [1.29, 1.82) is 5.26 Å². The molecule has 0 spiro atoms. The number of nitrogens with one attached hydrogen (secondary N) is 1. The maximum atomic E-state index is 13.3. The van der Waals surface area contributed by atoms with Crippen LogP contribution in [0, 0.1) is 17.1 Å². The molecular weight excluding hydrogens is 329 g/mol. The van der Waals surface area contributed by atoms with E-state index in [-0.39, 0.29) is 5.82 Å². The normalized spacial score (nSPS) is 10.6. The van der Waals surface area contributed by atoms with Crippen molar-refractivity contribution < 1.29 is 9.13 Å². The zero-order valence-electron chi connectivity index (χ0n) is 13.7. The second-order valence-electron chi connectivity index (χ2n) is 5.83. The Morgan fingerprint density at radius 1 is 1.04 bits per heavy atom. The highest BCUT2D eigenvalue weighted by Crippen LogP contribution is 2.24. The van der Waals surface area contributed by atoms with Crippen LogP contribution in [-0.4, -0.2) is 9.97 Å². The number of imidazole rings is 1. The Kier molecular flexibility index (Phi) is 4.08. The molecule has 26 heavy (non-hydrogen) atoms. The summed E-state index contributed by atoms with van der Waals surface area (Å²) in [6.45, 7) is 0.326. The summed E-state index contributed by atoms with van der Waals surface area (Å²) in [6, 6.07) is 21.5. The van der Waals surface area contributed by atoms with Crippen LogP contribution in [0.5, 0.6) is 5.75 Å². The van der Waals surface area contributed by atoms with Crippen molar-refractivity contribution in [1.82, 2.24) is 9.97 Å². The van der Waals surface area contributed by atoms with Crippen LogP contribution in [-0.2, 0) is 6.61 Å². The monoisotopic (exact) mass is 343 g/mol. The maximum Gasteiger partial charge on any atom is 0.138 e. The van der Waals surface area contributed by atoms with E-state index in [0.717, 1.165) is 16.6 Å². The summed E-state index contributed by atoms with van der Waals surface area (Å²) in [6.07, 6.45) is 0. The van der Waals surface area contributed by atoms with Gasteiger partial charge in [0.05, 0.1) is 22.7 Å². The topological polar surface area (TPSA) is 61.7 Å². The van der Waals surface area contributed by atoms with Crippen LogP contribution in [0.4, 0.5) is 4.39 Å². The van der Waals surface area contributed by atoms with Gasteiger partial charge >= 0.3 is 0 Å². The number of fused-ring (bicyclic) bond motifs is 1. The highest BCUT2D eigenvalue weighted by atomic mass is 19.1. The lowest BCUT2D eigenvalue weighted by Gasteiger charge is -2.08. The Bertz CT molecular complexity index is 1110. The molecule has 0 saturated carbocycles. The second-order valence-corrected chi connectivity index (χ2v) is 5.83. The van der Waals surface area contributed by atoms with E-state index in [0.29, 0.717) is 29.3 Å². The van der Waals surface area contributed by atoms with E-state index in [2.05, 4.69) is 16.0 Å². The first-order chi connectivity index (χ1) is 12.7. The molecule has 0 aliphatic heterocycles. The molecule has 4 nitrogen and oxygen atoms in total. The smallest absolute Gasteiger partial charge is 0.138 e. The SMILES string of the molecule is N#Cc1ccccc1COc1ccc(-c2nc3ccc(F)cc3[nH]2)cc1. The van der Waals surface area contributed by atoms with E-state index in [4.69, 9.17) is 10.00 Å². The van der Waals surface area contributed by atoms with Crippen molar-refractivity contribution in [2.24, 2.45) is 0 Å². The summed E-state index contributed by atoms with van der Waals surface area (Å²) in [5, 5.41) is 9.12. The van der Waals surface area contributed by atoms with Gasteiger partial charge in [0.15, 0.2) is 0 Å². The van der Waals surface area contributed by atoms with E-state index in [1.807, 2.05) is 42.5 Å². The van der Waals surface area contributed by atoms with Gasteiger partial charge < -0.3 is 9.72 Å². The Labute approximate surface area is 149 Å².